The summed E-state index contributed by atoms with van der Waals surface area (Å²) in [6, 6.07) is 10.1. The second-order valence-corrected chi connectivity index (χ2v) is 3.45. The third-order valence-electron chi connectivity index (χ3n) is 2.15. The quantitative estimate of drug-likeness (QED) is 0.620. The Morgan fingerprint density at radius 2 is 1.87 bits per heavy atom. The van der Waals surface area contributed by atoms with Gasteiger partial charge >= 0.3 is 0 Å². The highest BCUT2D eigenvalue weighted by atomic mass is 79.9. The summed E-state index contributed by atoms with van der Waals surface area (Å²) in [7, 11) is 0. The van der Waals surface area contributed by atoms with E-state index in [0.717, 1.165) is 5.39 Å². The normalized spacial score (nSPS) is 9.67. The monoisotopic (exact) mass is 265 g/mol. The van der Waals surface area contributed by atoms with Crippen LogP contribution in [0.5, 0.6) is 0 Å². The number of rotatable bonds is 2. The zero-order valence-electron chi connectivity index (χ0n) is 8.48. The molecule has 2 aromatic rings. The van der Waals surface area contributed by atoms with E-state index in [1.54, 1.807) is 6.92 Å². The second-order valence-electron chi connectivity index (χ2n) is 3.45. The van der Waals surface area contributed by atoms with Crippen LogP contribution in [0, 0.1) is 0 Å². The van der Waals surface area contributed by atoms with Crippen molar-refractivity contribution in [1.29, 1.82) is 0 Å². The summed E-state index contributed by atoms with van der Waals surface area (Å²) in [6.07, 6.45) is 3.93. The highest BCUT2D eigenvalue weighted by Crippen LogP contribution is 2.09. The summed E-state index contributed by atoms with van der Waals surface area (Å²) in [5.41, 5.74) is 0. The van der Waals surface area contributed by atoms with E-state index in [9.17, 15) is 4.79 Å². The Morgan fingerprint density at radius 1 is 1.20 bits per heavy atom. The maximum atomic E-state index is 10.9. The van der Waals surface area contributed by atoms with Crippen LogP contribution in [0.15, 0.2) is 42.7 Å². The van der Waals surface area contributed by atoms with Gasteiger partial charge in [0.2, 0.25) is 6.54 Å². The molecule has 2 nitrogen and oxygen atoms in total. The van der Waals surface area contributed by atoms with Gasteiger partial charge in [0, 0.05) is 18.4 Å². The van der Waals surface area contributed by atoms with Crippen molar-refractivity contribution >= 4 is 16.6 Å². The van der Waals surface area contributed by atoms with Crippen molar-refractivity contribution in [2.45, 2.75) is 13.5 Å². The molecule has 0 saturated carbocycles. The van der Waals surface area contributed by atoms with Crippen LogP contribution in [0.1, 0.15) is 6.92 Å². The Kier molecular flexibility index (Phi) is 3.97. The van der Waals surface area contributed by atoms with Gasteiger partial charge in [0.1, 0.15) is 0 Å². The van der Waals surface area contributed by atoms with Gasteiger partial charge in [0.15, 0.2) is 18.2 Å². The number of nitrogens with zero attached hydrogens (tertiary/aromatic N) is 1. The molecule has 0 amide bonds. The first-order valence-corrected chi connectivity index (χ1v) is 4.63. The second kappa shape index (κ2) is 5.03. The molecule has 0 saturated heterocycles. The average molecular weight is 266 g/mol. The standard InChI is InChI=1S/C12H12NO.BrH/c1-10(14)8-13-7-6-11-4-2-3-5-12(11)9-13;/h2-7,9H,8H2,1H3;1H/q+1;/p-1. The molecule has 1 heterocycles. The fourth-order valence-electron chi connectivity index (χ4n) is 1.53. The number of carbonyl (C=O) groups excluding carboxylic acids is 1. The van der Waals surface area contributed by atoms with Gasteiger partial charge < -0.3 is 17.0 Å². The summed E-state index contributed by atoms with van der Waals surface area (Å²) in [4.78, 5) is 10.9. The van der Waals surface area contributed by atoms with E-state index in [2.05, 4.69) is 6.07 Å². The molecule has 2 rings (SSSR count). The first-order valence-electron chi connectivity index (χ1n) is 4.63. The molecule has 0 N–H and O–H groups in total. The Labute approximate surface area is 99.3 Å². The maximum Gasteiger partial charge on any atom is 0.206 e. The van der Waals surface area contributed by atoms with E-state index < -0.39 is 0 Å². The molecule has 0 aliphatic carbocycles. The van der Waals surface area contributed by atoms with Gasteiger partial charge in [-0.25, -0.2) is 0 Å². The molecule has 0 atom stereocenters. The highest BCUT2D eigenvalue weighted by Gasteiger charge is 2.04. The Balaban J connectivity index is 0.00000112. The van der Waals surface area contributed by atoms with Crippen LogP contribution in [0.2, 0.25) is 0 Å². The molecule has 0 fully saturated rings. The fraction of sp³-hybridized carbons (Fsp3) is 0.167. The molecule has 1 aromatic heterocycles. The minimum Gasteiger partial charge on any atom is -1.00 e. The average Bonchev–Trinajstić information content (AvgIpc) is 2.17. The molecule has 0 aliphatic rings. The number of aromatic nitrogens is 1. The van der Waals surface area contributed by atoms with Crippen LogP contribution >= 0.6 is 0 Å². The van der Waals surface area contributed by atoms with Crippen molar-refractivity contribution in [2.24, 2.45) is 0 Å². The minimum atomic E-state index is 0. The van der Waals surface area contributed by atoms with Crippen LogP contribution < -0.4 is 21.5 Å². The van der Waals surface area contributed by atoms with E-state index in [1.807, 2.05) is 41.2 Å². The van der Waals surface area contributed by atoms with Crippen molar-refractivity contribution in [3.63, 3.8) is 0 Å². The van der Waals surface area contributed by atoms with Crippen LogP contribution in [0.25, 0.3) is 10.8 Å². The lowest BCUT2D eigenvalue weighted by Crippen LogP contribution is -3.00. The molecule has 0 aliphatic heterocycles. The van der Waals surface area contributed by atoms with E-state index in [4.69, 9.17) is 0 Å². The number of fused-ring (bicyclic) bond motifs is 1. The van der Waals surface area contributed by atoms with Gasteiger partial charge in [-0.05, 0) is 11.5 Å². The molecule has 0 spiro atoms. The van der Waals surface area contributed by atoms with Crippen molar-refractivity contribution in [1.82, 2.24) is 0 Å². The smallest absolute Gasteiger partial charge is 0.206 e. The number of halogens is 1. The Morgan fingerprint density at radius 3 is 2.53 bits per heavy atom. The number of Topliss-reactive ketones (excluding diaryl/α,β-unsaturated/α-hetero) is 1. The first-order chi connectivity index (χ1) is 6.75. The van der Waals surface area contributed by atoms with Gasteiger partial charge in [-0.3, -0.25) is 4.79 Å². The number of hydrogen-bond donors (Lipinski definition) is 0. The first kappa shape index (κ1) is 11.9. The molecule has 1 aromatic carbocycles. The van der Waals surface area contributed by atoms with Crippen LogP contribution in [-0.4, -0.2) is 5.78 Å². The number of ketones is 1. The van der Waals surface area contributed by atoms with Crippen molar-refractivity contribution < 1.29 is 26.3 Å². The maximum absolute atomic E-state index is 10.9. The fourth-order valence-corrected chi connectivity index (χ4v) is 1.53. The van der Waals surface area contributed by atoms with E-state index >= 15 is 0 Å². The predicted octanol–water partition coefficient (Wildman–Crippen LogP) is -1.28. The van der Waals surface area contributed by atoms with E-state index in [0.29, 0.717) is 6.54 Å². The lowest BCUT2D eigenvalue weighted by molar-refractivity contribution is -0.682. The van der Waals surface area contributed by atoms with E-state index in [-0.39, 0.29) is 22.8 Å². The summed E-state index contributed by atoms with van der Waals surface area (Å²) in [5.74, 6) is 0.172. The largest absolute Gasteiger partial charge is 1.00 e. The molecule has 0 radical (unpaired) electrons. The zero-order valence-corrected chi connectivity index (χ0v) is 10.1. The third-order valence-corrected chi connectivity index (χ3v) is 2.15. The molecule has 0 bridgehead atoms. The lowest BCUT2D eigenvalue weighted by Gasteiger charge is -1.96. The molecule has 78 valence electrons. The third kappa shape index (κ3) is 2.86. The van der Waals surface area contributed by atoms with Crippen LogP contribution in [0.4, 0.5) is 0 Å². The summed E-state index contributed by atoms with van der Waals surface area (Å²) in [6.45, 7) is 2.05. The van der Waals surface area contributed by atoms with Gasteiger partial charge in [0.05, 0.1) is 0 Å². The lowest BCUT2D eigenvalue weighted by atomic mass is 10.2. The van der Waals surface area contributed by atoms with Gasteiger partial charge in [0.25, 0.3) is 0 Å². The number of carbonyl (C=O) groups is 1. The highest BCUT2D eigenvalue weighted by molar-refractivity contribution is 5.80. The molecule has 0 unspecified atom stereocenters. The molecule has 3 heteroatoms. The van der Waals surface area contributed by atoms with Gasteiger partial charge in [-0.2, -0.15) is 4.57 Å². The molecular formula is C12H12BrNO. The summed E-state index contributed by atoms with van der Waals surface area (Å²) in [5, 5.41) is 2.36. The number of hydrogen-bond acceptors (Lipinski definition) is 1. The van der Waals surface area contributed by atoms with Crippen LogP contribution in [0.3, 0.4) is 0 Å². The van der Waals surface area contributed by atoms with Crippen LogP contribution in [-0.2, 0) is 11.3 Å². The van der Waals surface area contributed by atoms with Crippen molar-refractivity contribution in [3.05, 3.63) is 42.7 Å². The van der Waals surface area contributed by atoms with E-state index in [1.165, 1.54) is 5.39 Å². The predicted molar refractivity (Wildman–Crippen MR) is 54.8 cm³/mol. The Hall–Kier alpha value is -1.22. The Bertz CT molecular complexity index is 482. The minimum absolute atomic E-state index is 0. The summed E-state index contributed by atoms with van der Waals surface area (Å²) < 4.78 is 1.91. The molecule has 15 heavy (non-hydrogen) atoms. The van der Waals surface area contributed by atoms with Crippen molar-refractivity contribution in [3.8, 4) is 0 Å². The van der Waals surface area contributed by atoms with Crippen molar-refractivity contribution in [2.75, 3.05) is 0 Å². The SMILES string of the molecule is CC(=O)C[n+]1ccc2ccccc2c1.[Br-]. The topological polar surface area (TPSA) is 20.9 Å². The number of benzene rings is 1. The summed E-state index contributed by atoms with van der Waals surface area (Å²) >= 11 is 0. The van der Waals surface area contributed by atoms with Gasteiger partial charge in [-0.1, -0.05) is 18.2 Å². The molecular weight excluding hydrogens is 254 g/mol. The number of pyridine rings is 1. The van der Waals surface area contributed by atoms with Gasteiger partial charge in [-0.15, -0.1) is 0 Å². The zero-order chi connectivity index (χ0) is 9.97.